The molecule has 0 heterocycles. The van der Waals surface area contributed by atoms with Crippen LogP contribution in [0.3, 0.4) is 0 Å². The normalized spacial score (nSPS) is 13.9. The SMILES string of the molecule is CSC(C)(C)C(C)(C)c1ccc(C(C)(C)C(C)C)cc1. The van der Waals surface area contributed by atoms with Gasteiger partial charge < -0.3 is 0 Å². The third-order valence-electron chi connectivity index (χ3n) is 5.81. The van der Waals surface area contributed by atoms with E-state index in [2.05, 4.69) is 85.9 Å². The van der Waals surface area contributed by atoms with Gasteiger partial charge in [0.15, 0.2) is 0 Å². The summed E-state index contributed by atoms with van der Waals surface area (Å²) >= 11 is 1.94. The highest BCUT2D eigenvalue weighted by molar-refractivity contribution is 8.00. The molecule has 0 saturated carbocycles. The second-order valence-corrected chi connectivity index (χ2v) is 9.22. The lowest BCUT2D eigenvalue weighted by Gasteiger charge is -2.41. The molecule has 0 fully saturated rings. The second kappa shape index (κ2) is 5.75. The van der Waals surface area contributed by atoms with Crippen LogP contribution in [0.5, 0.6) is 0 Å². The van der Waals surface area contributed by atoms with Gasteiger partial charge in [-0.15, -0.1) is 0 Å². The standard InChI is InChI=1S/C19H32S/c1-14(2)17(3,4)15-10-12-16(13-11-15)18(5,6)19(7,8)20-9/h10-14H,1-9H3. The van der Waals surface area contributed by atoms with Crippen LogP contribution in [-0.4, -0.2) is 11.0 Å². The number of thioether (sulfide) groups is 1. The summed E-state index contributed by atoms with van der Waals surface area (Å²) in [6.07, 6.45) is 2.21. The average molecular weight is 293 g/mol. The Balaban J connectivity index is 3.15. The van der Waals surface area contributed by atoms with Crippen LogP contribution in [0.2, 0.25) is 0 Å². The molecule has 0 aliphatic carbocycles. The molecule has 1 aromatic carbocycles. The van der Waals surface area contributed by atoms with E-state index < -0.39 is 0 Å². The Morgan fingerprint density at radius 2 is 1.20 bits per heavy atom. The Labute approximate surface area is 130 Å². The maximum atomic E-state index is 2.35. The summed E-state index contributed by atoms with van der Waals surface area (Å²) in [5.41, 5.74) is 3.26. The van der Waals surface area contributed by atoms with Crippen molar-refractivity contribution in [2.75, 3.05) is 6.26 Å². The molecular weight excluding hydrogens is 260 g/mol. The van der Waals surface area contributed by atoms with E-state index >= 15 is 0 Å². The van der Waals surface area contributed by atoms with Crippen LogP contribution < -0.4 is 0 Å². The molecule has 1 rings (SSSR count). The summed E-state index contributed by atoms with van der Waals surface area (Å²) in [6, 6.07) is 9.32. The minimum atomic E-state index is 0.160. The van der Waals surface area contributed by atoms with E-state index in [1.54, 1.807) is 0 Å². The molecule has 0 radical (unpaired) electrons. The molecule has 0 spiro atoms. The van der Waals surface area contributed by atoms with Crippen molar-refractivity contribution in [3.63, 3.8) is 0 Å². The lowest BCUT2D eigenvalue weighted by molar-refractivity contribution is 0.371. The van der Waals surface area contributed by atoms with Crippen LogP contribution in [0.4, 0.5) is 0 Å². The molecule has 0 bridgehead atoms. The number of hydrogen-bond donors (Lipinski definition) is 0. The van der Waals surface area contributed by atoms with Gasteiger partial charge in [0.25, 0.3) is 0 Å². The lowest BCUT2D eigenvalue weighted by Crippen LogP contribution is -2.39. The molecule has 0 nitrogen and oxygen atoms in total. The smallest absolute Gasteiger partial charge is 0.0192 e. The van der Waals surface area contributed by atoms with Gasteiger partial charge in [0, 0.05) is 10.2 Å². The maximum absolute atomic E-state index is 2.35. The van der Waals surface area contributed by atoms with Gasteiger partial charge in [-0.2, -0.15) is 11.8 Å². The fourth-order valence-electron chi connectivity index (χ4n) is 2.25. The van der Waals surface area contributed by atoms with Gasteiger partial charge in [0.1, 0.15) is 0 Å². The van der Waals surface area contributed by atoms with E-state index in [-0.39, 0.29) is 15.6 Å². The van der Waals surface area contributed by atoms with Crippen molar-refractivity contribution in [1.82, 2.24) is 0 Å². The van der Waals surface area contributed by atoms with Gasteiger partial charge in [-0.3, -0.25) is 0 Å². The first-order chi connectivity index (χ1) is 8.96. The zero-order valence-corrected chi connectivity index (χ0v) is 15.6. The summed E-state index contributed by atoms with van der Waals surface area (Å²) < 4.78 is 0.224. The maximum Gasteiger partial charge on any atom is 0.0192 e. The summed E-state index contributed by atoms with van der Waals surface area (Å²) in [4.78, 5) is 0. The molecule has 0 atom stereocenters. The van der Waals surface area contributed by atoms with Crippen molar-refractivity contribution >= 4 is 11.8 Å². The van der Waals surface area contributed by atoms with Gasteiger partial charge >= 0.3 is 0 Å². The van der Waals surface area contributed by atoms with Crippen molar-refractivity contribution in [1.29, 1.82) is 0 Å². The molecule has 20 heavy (non-hydrogen) atoms. The Kier molecular flexibility index (Phi) is 5.07. The van der Waals surface area contributed by atoms with Gasteiger partial charge in [0.2, 0.25) is 0 Å². The van der Waals surface area contributed by atoms with Crippen molar-refractivity contribution in [2.45, 2.75) is 71.0 Å². The molecule has 0 unspecified atom stereocenters. The molecular formula is C19H32S. The van der Waals surface area contributed by atoms with E-state index in [1.807, 2.05) is 11.8 Å². The summed E-state index contributed by atoms with van der Waals surface area (Å²) in [5, 5.41) is 0. The molecule has 0 aliphatic rings. The van der Waals surface area contributed by atoms with E-state index in [0.29, 0.717) is 5.92 Å². The first-order valence-electron chi connectivity index (χ1n) is 7.63. The molecule has 0 aliphatic heterocycles. The first-order valence-corrected chi connectivity index (χ1v) is 8.85. The molecule has 0 saturated heterocycles. The fourth-order valence-corrected chi connectivity index (χ4v) is 2.88. The van der Waals surface area contributed by atoms with Gasteiger partial charge in [-0.1, -0.05) is 65.8 Å². The Morgan fingerprint density at radius 3 is 1.55 bits per heavy atom. The largest absolute Gasteiger partial charge is 0.158 e. The first kappa shape index (κ1) is 17.6. The van der Waals surface area contributed by atoms with Gasteiger partial charge in [0.05, 0.1) is 0 Å². The number of rotatable bonds is 5. The van der Waals surface area contributed by atoms with Gasteiger partial charge in [-0.25, -0.2) is 0 Å². The average Bonchev–Trinajstić information content (AvgIpc) is 2.38. The molecule has 114 valence electrons. The van der Waals surface area contributed by atoms with Crippen LogP contribution in [0, 0.1) is 5.92 Å². The second-order valence-electron chi connectivity index (χ2n) is 7.79. The summed E-state index contributed by atoms with van der Waals surface area (Å²) in [6.45, 7) is 18.7. The zero-order chi connectivity index (χ0) is 15.8. The quantitative estimate of drug-likeness (QED) is 0.637. The van der Waals surface area contributed by atoms with Crippen LogP contribution in [-0.2, 0) is 10.8 Å². The Morgan fingerprint density at radius 1 is 0.800 bits per heavy atom. The molecule has 0 amide bonds. The van der Waals surface area contributed by atoms with Gasteiger partial charge in [-0.05, 0) is 42.6 Å². The summed E-state index contributed by atoms with van der Waals surface area (Å²) in [7, 11) is 0. The number of hydrogen-bond acceptors (Lipinski definition) is 1. The third-order valence-corrected chi connectivity index (χ3v) is 7.34. The van der Waals surface area contributed by atoms with Crippen LogP contribution in [0.15, 0.2) is 24.3 Å². The summed E-state index contributed by atoms with van der Waals surface area (Å²) in [5.74, 6) is 0.643. The van der Waals surface area contributed by atoms with Crippen LogP contribution >= 0.6 is 11.8 Å². The monoisotopic (exact) mass is 292 g/mol. The predicted octanol–water partition coefficient (Wildman–Crippen LogP) is 6.04. The predicted molar refractivity (Wildman–Crippen MR) is 94.9 cm³/mol. The van der Waals surface area contributed by atoms with Crippen molar-refractivity contribution in [3.05, 3.63) is 35.4 Å². The lowest BCUT2D eigenvalue weighted by atomic mass is 9.71. The minimum Gasteiger partial charge on any atom is -0.158 e. The van der Waals surface area contributed by atoms with Crippen LogP contribution in [0.1, 0.15) is 66.5 Å². The third kappa shape index (κ3) is 3.08. The van der Waals surface area contributed by atoms with Crippen molar-refractivity contribution < 1.29 is 0 Å². The van der Waals surface area contributed by atoms with Crippen molar-refractivity contribution in [2.24, 2.45) is 5.92 Å². The van der Waals surface area contributed by atoms with E-state index in [4.69, 9.17) is 0 Å². The minimum absolute atomic E-state index is 0.160. The van der Waals surface area contributed by atoms with Crippen molar-refractivity contribution in [3.8, 4) is 0 Å². The molecule has 0 N–H and O–H groups in total. The topological polar surface area (TPSA) is 0 Å². The highest BCUT2D eigenvalue weighted by atomic mass is 32.2. The zero-order valence-electron chi connectivity index (χ0n) is 14.8. The molecule has 0 aromatic heterocycles. The van der Waals surface area contributed by atoms with Crippen LogP contribution in [0.25, 0.3) is 0 Å². The number of benzene rings is 1. The van der Waals surface area contributed by atoms with E-state index in [1.165, 1.54) is 11.1 Å². The van der Waals surface area contributed by atoms with E-state index in [0.717, 1.165) is 0 Å². The Bertz CT molecular complexity index is 435. The fraction of sp³-hybridized carbons (Fsp3) is 0.684. The van der Waals surface area contributed by atoms with E-state index in [9.17, 15) is 0 Å². The highest BCUT2D eigenvalue weighted by Crippen LogP contribution is 2.43. The molecule has 1 aromatic rings. The Hall–Kier alpha value is -0.430. The molecule has 1 heteroatoms. The highest BCUT2D eigenvalue weighted by Gasteiger charge is 2.38.